The molecule has 1 amide bonds. The predicted octanol–water partition coefficient (Wildman–Crippen LogP) is 2.67. The number of amides is 1. The second-order valence-electron chi connectivity index (χ2n) is 7.50. The summed E-state index contributed by atoms with van der Waals surface area (Å²) in [6.45, 7) is 5.64. The van der Waals surface area contributed by atoms with Crippen LogP contribution in [0.4, 0.5) is 0 Å². The van der Waals surface area contributed by atoms with Crippen molar-refractivity contribution in [3.8, 4) is 5.75 Å². The molecule has 0 aliphatic carbocycles. The van der Waals surface area contributed by atoms with Gasteiger partial charge in [0.25, 0.3) is 5.91 Å². The molecule has 152 valence electrons. The zero-order valence-electron chi connectivity index (χ0n) is 17.0. The van der Waals surface area contributed by atoms with E-state index in [9.17, 15) is 4.79 Å². The molecule has 0 radical (unpaired) electrons. The summed E-state index contributed by atoms with van der Waals surface area (Å²) < 4.78 is 12.8. The first-order chi connectivity index (χ1) is 14.0. The molecule has 0 spiro atoms. The van der Waals surface area contributed by atoms with Crippen LogP contribution in [-0.2, 0) is 13.5 Å². The fourth-order valence-electron chi connectivity index (χ4n) is 3.62. The van der Waals surface area contributed by atoms with Crippen LogP contribution in [0.2, 0.25) is 0 Å². The van der Waals surface area contributed by atoms with Crippen LogP contribution in [0.25, 0.3) is 0 Å². The lowest BCUT2D eigenvalue weighted by Gasteiger charge is -2.15. The van der Waals surface area contributed by atoms with Gasteiger partial charge in [0.15, 0.2) is 5.82 Å². The van der Waals surface area contributed by atoms with Gasteiger partial charge in [-0.15, -0.1) is 0 Å². The summed E-state index contributed by atoms with van der Waals surface area (Å²) in [6.07, 6.45) is 1.38. The largest absolute Gasteiger partial charge is 0.493 e. The minimum absolute atomic E-state index is 0.0121. The van der Waals surface area contributed by atoms with Gasteiger partial charge in [-0.3, -0.25) is 9.48 Å². The topological polar surface area (TPSA) is 86.3 Å². The molecule has 1 atom stereocenters. The van der Waals surface area contributed by atoms with Gasteiger partial charge in [-0.25, -0.2) is 0 Å². The molecule has 1 aliphatic rings. The lowest BCUT2D eigenvalue weighted by Crippen LogP contribution is -2.30. The van der Waals surface area contributed by atoms with Crippen LogP contribution in [-0.4, -0.2) is 50.4 Å². The van der Waals surface area contributed by atoms with Gasteiger partial charge in [-0.1, -0.05) is 17.3 Å². The first-order valence-corrected chi connectivity index (χ1v) is 9.81. The Balaban J connectivity index is 1.31. The van der Waals surface area contributed by atoms with E-state index in [1.165, 1.54) is 0 Å². The molecule has 3 aromatic rings. The van der Waals surface area contributed by atoms with Crippen molar-refractivity contribution in [2.45, 2.75) is 32.6 Å². The van der Waals surface area contributed by atoms with Crippen LogP contribution in [0, 0.1) is 13.8 Å². The number of benzene rings is 1. The highest BCUT2D eigenvalue weighted by molar-refractivity contribution is 5.93. The van der Waals surface area contributed by atoms with Crippen LogP contribution in [0.1, 0.15) is 45.8 Å². The number of hydrogen-bond acceptors (Lipinski definition) is 6. The molecule has 29 heavy (non-hydrogen) atoms. The van der Waals surface area contributed by atoms with Crippen molar-refractivity contribution >= 4 is 5.91 Å². The second-order valence-corrected chi connectivity index (χ2v) is 7.50. The van der Waals surface area contributed by atoms with Gasteiger partial charge in [0.2, 0.25) is 5.89 Å². The fraction of sp³-hybridized carbons (Fsp3) is 0.429. The molecule has 3 heterocycles. The van der Waals surface area contributed by atoms with Gasteiger partial charge >= 0.3 is 0 Å². The van der Waals surface area contributed by atoms with Crippen LogP contribution in [0.5, 0.6) is 5.75 Å². The van der Waals surface area contributed by atoms with Crippen molar-refractivity contribution in [1.82, 2.24) is 24.8 Å². The summed E-state index contributed by atoms with van der Waals surface area (Å²) in [5.74, 6) is 2.10. The van der Waals surface area contributed by atoms with E-state index in [0.717, 1.165) is 23.4 Å². The van der Waals surface area contributed by atoms with Gasteiger partial charge in [0.05, 0.1) is 18.2 Å². The summed E-state index contributed by atoms with van der Waals surface area (Å²) >= 11 is 0. The van der Waals surface area contributed by atoms with Gasteiger partial charge in [0.1, 0.15) is 11.4 Å². The summed E-state index contributed by atoms with van der Waals surface area (Å²) in [7, 11) is 1.79. The molecule has 8 nitrogen and oxygen atoms in total. The van der Waals surface area contributed by atoms with E-state index in [1.54, 1.807) is 11.7 Å². The van der Waals surface area contributed by atoms with Crippen LogP contribution < -0.4 is 4.74 Å². The molecular formula is C21H25N5O3. The smallest absolute Gasteiger partial charge is 0.272 e. The summed E-state index contributed by atoms with van der Waals surface area (Å²) in [4.78, 5) is 19.1. The van der Waals surface area contributed by atoms with Gasteiger partial charge in [-0.2, -0.15) is 10.1 Å². The molecule has 1 aromatic carbocycles. The number of hydrogen-bond donors (Lipinski definition) is 0. The fourth-order valence-corrected chi connectivity index (χ4v) is 3.62. The third-order valence-electron chi connectivity index (χ3n) is 5.11. The lowest BCUT2D eigenvalue weighted by molar-refractivity contribution is 0.0778. The summed E-state index contributed by atoms with van der Waals surface area (Å²) in [6, 6.07) is 9.74. The van der Waals surface area contributed by atoms with Crippen molar-refractivity contribution in [2.75, 3.05) is 19.7 Å². The maximum Gasteiger partial charge on any atom is 0.272 e. The van der Waals surface area contributed by atoms with E-state index >= 15 is 0 Å². The number of carbonyl (C=O) groups excluding carboxylic acids is 1. The Morgan fingerprint density at radius 3 is 2.93 bits per heavy atom. The molecule has 0 bridgehead atoms. The Hall–Kier alpha value is -3.16. The molecule has 1 fully saturated rings. The molecule has 4 rings (SSSR count). The molecular weight excluding hydrogens is 370 g/mol. The zero-order chi connectivity index (χ0) is 20.4. The summed E-state index contributed by atoms with van der Waals surface area (Å²) in [5.41, 5.74) is 2.59. The average molecular weight is 395 g/mol. The van der Waals surface area contributed by atoms with Crippen LogP contribution in [0.15, 0.2) is 34.9 Å². The minimum atomic E-state index is -0.0121. The molecule has 1 saturated heterocycles. The molecule has 0 saturated carbocycles. The second kappa shape index (κ2) is 8.06. The van der Waals surface area contributed by atoms with Crippen molar-refractivity contribution in [3.05, 3.63) is 59.0 Å². The van der Waals surface area contributed by atoms with Crippen molar-refractivity contribution in [2.24, 2.45) is 7.05 Å². The van der Waals surface area contributed by atoms with Gasteiger partial charge in [0, 0.05) is 26.6 Å². The van der Waals surface area contributed by atoms with E-state index in [1.807, 2.05) is 49.1 Å². The van der Waals surface area contributed by atoms with E-state index in [-0.39, 0.29) is 11.8 Å². The number of carbonyl (C=O) groups is 1. The van der Waals surface area contributed by atoms with E-state index < -0.39 is 0 Å². The van der Waals surface area contributed by atoms with E-state index in [0.29, 0.717) is 43.5 Å². The monoisotopic (exact) mass is 395 g/mol. The molecule has 2 aromatic heterocycles. The first-order valence-electron chi connectivity index (χ1n) is 9.81. The Labute approximate surface area is 169 Å². The molecule has 0 N–H and O–H groups in total. The van der Waals surface area contributed by atoms with Crippen molar-refractivity contribution < 1.29 is 14.1 Å². The SMILES string of the molecule is Cc1cccc(OCCc2noc(C3CCN(C(=O)c4cc(C)nn4C)C3)n2)c1. The highest BCUT2D eigenvalue weighted by Crippen LogP contribution is 2.27. The van der Waals surface area contributed by atoms with Crippen LogP contribution >= 0.6 is 0 Å². The quantitative estimate of drug-likeness (QED) is 0.638. The highest BCUT2D eigenvalue weighted by Gasteiger charge is 2.32. The van der Waals surface area contributed by atoms with Gasteiger partial charge < -0.3 is 14.2 Å². The zero-order valence-corrected chi connectivity index (χ0v) is 17.0. The van der Waals surface area contributed by atoms with Crippen LogP contribution in [0.3, 0.4) is 0 Å². The van der Waals surface area contributed by atoms with E-state index in [4.69, 9.17) is 9.26 Å². The van der Waals surface area contributed by atoms with Crippen molar-refractivity contribution in [3.63, 3.8) is 0 Å². The Kier molecular flexibility index (Phi) is 5.33. The van der Waals surface area contributed by atoms with Crippen molar-refractivity contribution in [1.29, 1.82) is 0 Å². The Bertz CT molecular complexity index is 1010. The minimum Gasteiger partial charge on any atom is -0.493 e. The molecule has 8 heteroatoms. The number of rotatable bonds is 6. The third-order valence-corrected chi connectivity index (χ3v) is 5.11. The number of aromatic nitrogens is 4. The number of ether oxygens (including phenoxy) is 1. The Morgan fingerprint density at radius 1 is 1.31 bits per heavy atom. The number of aryl methyl sites for hydroxylation is 3. The highest BCUT2D eigenvalue weighted by atomic mass is 16.5. The normalized spacial score (nSPS) is 16.4. The maximum absolute atomic E-state index is 12.7. The molecule has 1 unspecified atom stereocenters. The number of likely N-dealkylation sites (tertiary alicyclic amines) is 1. The van der Waals surface area contributed by atoms with E-state index in [2.05, 4.69) is 15.2 Å². The average Bonchev–Trinajstić information content (AvgIpc) is 3.41. The first kappa shape index (κ1) is 19.2. The Morgan fingerprint density at radius 2 is 2.17 bits per heavy atom. The number of nitrogens with zero attached hydrogens (tertiary/aromatic N) is 5. The predicted molar refractivity (Wildman–Crippen MR) is 106 cm³/mol. The van der Waals surface area contributed by atoms with Gasteiger partial charge in [-0.05, 0) is 44.0 Å². The standard InChI is InChI=1S/C21H25N5O3/c1-14-5-4-6-17(11-14)28-10-8-19-22-20(29-24-19)16-7-9-26(13-16)21(27)18-12-15(2)23-25(18)3/h4-6,11-12,16H,7-10,13H2,1-3H3. The molecule has 1 aliphatic heterocycles. The lowest BCUT2D eigenvalue weighted by atomic mass is 10.1. The third kappa shape index (κ3) is 4.31. The summed E-state index contributed by atoms with van der Waals surface area (Å²) in [5, 5.41) is 8.33. The maximum atomic E-state index is 12.7.